The molecule has 1 atom stereocenters. The molecule has 0 saturated carbocycles. The van der Waals surface area contributed by atoms with Gasteiger partial charge in [-0.05, 0) is 43.4 Å². The molecule has 1 fully saturated rings. The first-order chi connectivity index (χ1) is 13.0. The molecule has 1 N–H and O–H groups in total. The summed E-state index contributed by atoms with van der Waals surface area (Å²) < 4.78 is 18.5. The number of piperidine rings is 1. The Kier molecular flexibility index (Phi) is 6.26. The fraction of sp³-hybridized carbons (Fsp3) is 0.524. The summed E-state index contributed by atoms with van der Waals surface area (Å²) in [7, 11) is 1.63. The van der Waals surface area contributed by atoms with E-state index in [1.54, 1.807) is 19.2 Å². The number of carbonyl (C=O) groups excluding carboxylic acids is 2. The van der Waals surface area contributed by atoms with E-state index in [4.69, 9.17) is 4.74 Å². The van der Waals surface area contributed by atoms with Crippen molar-refractivity contribution in [1.82, 2.24) is 10.2 Å². The Hall–Kier alpha value is -2.21. The third kappa shape index (κ3) is 4.56. The lowest BCUT2D eigenvalue weighted by Gasteiger charge is -2.47. The highest BCUT2D eigenvalue weighted by Gasteiger charge is 2.44. The Morgan fingerprint density at radius 2 is 2.22 bits per heavy atom. The number of hydrogen-bond acceptors (Lipinski definition) is 3. The second-order valence-corrected chi connectivity index (χ2v) is 7.38. The van der Waals surface area contributed by atoms with Gasteiger partial charge in [0.15, 0.2) is 0 Å². The van der Waals surface area contributed by atoms with E-state index in [0.717, 1.165) is 31.4 Å². The molecule has 0 spiro atoms. The molecule has 1 aromatic rings. The molecule has 1 aliphatic carbocycles. The summed E-state index contributed by atoms with van der Waals surface area (Å²) in [6.45, 7) is 1.54. The second-order valence-electron chi connectivity index (χ2n) is 7.38. The fourth-order valence-electron chi connectivity index (χ4n) is 4.15. The standard InChI is InChI=1S/C21H27FN2O3/c1-27-12-11-24-18-7-2-3-9-21(18,10-8-20(24)26)15-23-19(25)14-16-5-4-6-17(22)13-16/h4-7,13H,2-3,8-12,14-15H2,1H3,(H,23,25). The van der Waals surface area contributed by atoms with Crippen LogP contribution in [0.4, 0.5) is 4.39 Å². The number of hydrogen-bond donors (Lipinski definition) is 1. The first kappa shape index (κ1) is 19.5. The number of amides is 2. The zero-order chi connectivity index (χ0) is 19.3. The molecule has 1 aliphatic heterocycles. The number of likely N-dealkylation sites (tertiary alicyclic amines) is 1. The molecular weight excluding hydrogens is 347 g/mol. The van der Waals surface area contributed by atoms with E-state index in [1.807, 2.05) is 4.90 Å². The van der Waals surface area contributed by atoms with E-state index in [2.05, 4.69) is 11.4 Å². The van der Waals surface area contributed by atoms with Crippen molar-refractivity contribution in [3.63, 3.8) is 0 Å². The Morgan fingerprint density at radius 1 is 1.37 bits per heavy atom. The number of halogens is 1. The van der Waals surface area contributed by atoms with Crippen molar-refractivity contribution in [2.75, 3.05) is 26.8 Å². The zero-order valence-corrected chi connectivity index (χ0v) is 15.8. The largest absolute Gasteiger partial charge is 0.383 e. The van der Waals surface area contributed by atoms with Crippen molar-refractivity contribution in [2.45, 2.75) is 38.5 Å². The van der Waals surface area contributed by atoms with Crippen molar-refractivity contribution in [2.24, 2.45) is 5.41 Å². The van der Waals surface area contributed by atoms with Crippen LogP contribution in [0.2, 0.25) is 0 Å². The molecule has 1 heterocycles. The summed E-state index contributed by atoms with van der Waals surface area (Å²) in [5.41, 5.74) is 1.50. The van der Waals surface area contributed by atoms with E-state index < -0.39 is 0 Å². The van der Waals surface area contributed by atoms with Crippen LogP contribution in [0.3, 0.4) is 0 Å². The van der Waals surface area contributed by atoms with E-state index in [9.17, 15) is 14.0 Å². The summed E-state index contributed by atoms with van der Waals surface area (Å²) in [5.74, 6) is -0.335. The molecule has 146 valence electrons. The van der Waals surface area contributed by atoms with Crippen LogP contribution < -0.4 is 5.32 Å². The molecule has 0 aromatic heterocycles. The minimum Gasteiger partial charge on any atom is -0.383 e. The van der Waals surface area contributed by atoms with Crippen LogP contribution in [-0.4, -0.2) is 43.5 Å². The number of nitrogens with zero attached hydrogens (tertiary/aromatic N) is 1. The van der Waals surface area contributed by atoms with Crippen LogP contribution in [0.25, 0.3) is 0 Å². The average molecular weight is 374 g/mol. The number of methoxy groups -OCH3 is 1. The van der Waals surface area contributed by atoms with E-state index in [1.165, 1.54) is 12.1 Å². The molecule has 27 heavy (non-hydrogen) atoms. The second kappa shape index (κ2) is 8.65. The predicted molar refractivity (Wildman–Crippen MR) is 100 cm³/mol. The average Bonchev–Trinajstić information content (AvgIpc) is 2.66. The SMILES string of the molecule is COCCN1C(=O)CCC2(CNC(=O)Cc3cccc(F)c3)CCCC=C12. The third-order valence-corrected chi connectivity index (χ3v) is 5.55. The van der Waals surface area contributed by atoms with Crippen LogP contribution in [0.5, 0.6) is 0 Å². The van der Waals surface area contributed by atoms with Crippen molar-refractivity contribution >= 4 is 11.8 Å². The number of benzene rings is 1. The number of carbonyl (C=O) groups is 2. The lowest BCUT2D eigenvalue weighted by atomic mass is 9.69. The van der Waals surface area contributed by atoms with Gasteiger partial charge in [-0.3, -0.25) is 9.59 Å². The minimum absolute atomic E-state index is 0.125. The number of rotatable bonds is 7. The van der Waals surface area contributed by atoms with Crippen molar-refractivity contribution < 1.29 is 18.7 Å². The summed E-state index contributed by atoms with van der Waals surface area (Å²) in [6, 6.07) is 6.11. The van der Waals surface area contributed by atoms with Crippen molar-refractivity contribution in [1.29, 1.82) is 0 Å². The smallest absolute Gasteiger partial charge is 0.226 e. The normalized spacial score (nSPS) is 22.2. The van der Waals surface area contributed by atoms with E-state index in [-0.39, 0.29) is 29.5 Å². The molecule has 6 heteroatoms. The van der Waals surface area contributed by atoms with Gasteiger partial charge in [0.25, 0.3) is 0 Å². The summed E-state index contributed by atoms with van der Waals surface area (Å²) in [6.07, 6.45) is 6.49. The minimum atomic E-state index is -0.337. The summed E-state index contributed by atoms with van der Waals surface area (Å²) in [4.78, 5) is 26.7. The summed E-state index contributed by atoms with van der Waals surface area (Å²) in [5, 5.41) is 3.03. The molecule has 1 aromatic carbocycles. The van der Waals surface area contributed by atoms with Gasteiger partial charge < -0.3 is 15.0 Å². The fourth-order valence-corrected chi connectivity index (χ4v) is 4.15. The molecule has 2 amide bonds. The lowest BCUT2D eigenvalue weighted by molar-refractivity contribution is -0.134. The maximum atomic E-state index is 13.3. The Balaban J connectivity index is 1.68. The molecule has 0 radical (unpaired) electrons. The van der Waals surface area contributed by atoms with E-state index in [0.29, 0.717) is 31.7 Å². The van der Waals surface area contributed by atoms with Gasteiger partial charge in [0, 0.05) is 37.7 Å². The van der Waals surface area contributed by atoms with Gasteiger partial charge in [0.05, 0.1) is 13.0 Å². The van der Waals surface area contributed by atoms with Crippen LogP contribution in [0.1, 0.15) is 37.7 Å². The van der Waals surface area contributed by atoms with Crippen LogP contribution in [0.15, 0.2) is 36.0 Å². The van der Waals surface area contributed by atoms with Crippen molar-refractivity contribution in [3.05, 3.63) is 47.4 Å². The van der Waals surface area contributed by atoms with Gasteiger partial charge in [-0.15, -0.1) is 0 Å². The molecule has 5 nitrogen and oxygen atoms in total. The molecule has 1 unspecified atom stereocenters. The highest BCUT2D eigenvalue weighted by molar-refractivity contribution is 5.81. The van der Waals surface area contributed by atoms with Gasteiger partial charge in [-0.2, -0.15) is 0 Å². The zero-order valence-electron chi connectivity index (χ0n) is 15.8. The number of nitrogens with one attached hydrogen (secondary N) is 1. The van der Waals surface area contributed by atoms with Gasteiger partial charge >= 0.3 is 0 Å². The van der Waals surface area contributed by atoms with Crippen LogP contribution in [-0.2, 0) is 20.7 Å². The van der Waals surface area contributed by atoms with Gasteiger partial charge in [0.2, 0.25) is 11.8 Å². The highest BCUT2D eigenvalue weighted by Crippen LogP contribution is 2.46. The molecule has 1 saturated heterocycles. The maximum absolute atomic E-state index is 13.3. The lowest BCUT2D eigenvalue weighted by Crippen LogP contribution is -2.51. The van der Waals surface area contributed by atoms with Gasteiger partial charge in [0.1, 0.15) is 5.82 Å². The quantitative estimate of drug-likeness (QED) is 0.798. The highest BCUT2D eigenvalue weighted by atomic mass is 19.1. The number of allylic oxidation sites excluding steroid dienone is 1. The number of fused-ring (bicyclic) bond motifs is 1. The third-order valence-electron chi connectivity index (χ3n) is 5.55. The predicted octanol–water partition coefficient (Wildman–Crippen LogP) is 2.81. The molecule has 0 bridgehead atoms. The first-order valence-corrected chi connectivity index (χ1v) is 9.55. The van der Waals surface area contributed by atoms with Gasteiger partial charge in [-0.1, -0.05) is 18.2 Å². The van der Waals surface area contributed by atoms with Gasteiger partial charge in [-0.25, -0.2) is 4.39 Å². The monoisotopic (exact) mass is 374 g/mol. The Labute approximate surface area is 159 Å². The van der Waals surface area contributed by atoms with Crippen molar-refractivity contribution in [3.8, 4) is 0 Å². The van der Waals surface area contributed by atoms with Crippen LogP contribution in [0, 0.1) is 11.2 Å². The molecule has 2 aliphatic rings. The van der Waals surface area contributed by atoms with E-state index >= 15 is 0 Å². The topological polar surface area (TPSA) is 58.6 Å². The molecule has 3 rings (SSSR count). The summed E-state index contributed by atoms with van der Waals surface area (Å²) >= 11 is 0. The Morgan fingerprint density at radius 3 is 3.00 bits per heavy atom. The number of ether oxygens (including phenoxy) is 1. The molecular formula is C21H27FN2O3. The first-order valence-electron chi connectivity index (χ1n) is 9.55. The Bertz CT molecular complexity index is 734. The maximum Gasteiger partial charge on any atom is 0.226 e. The van der Waals surface area contributed by atoms with Crippen LogP contribution >= 0.6 is 0 Å².